The summed E-state index contributed by atoms with van der Waals surface area (Å²) in [5.41, 5.74) is 1.80. The lowest BCUT2D eigenvalue weighted by Gasteiger charge is -2.01. The normalized spacial score (nSPS) is 10.9. The van der Waals surface area contributed by atoms with Crippen LogP contribution in [-0.2, 0) is 0 Å². The van der Waals surface area contributed by atoms with Gasteiger partial charge in [0.1, 0.15) is 6.33 Å². The lowest BCUT2D eigenvalue weighted by molar-refractivity contribution is 0.616. The topological polar surface area (TPSA) is 30.2 Å². The van der Waals surface area contributed by atoms with Gasteiger partial charge in [0.05, 0.1) is 0 Å². The van der Waals surface area contributed by atoms with Gasteiger partial charge >= 0.3 is 0 Å². The summed E-state index contributed by atoms with van der Waals surface area (Å²) in [5.74, 6) is -0.285. The smallest absolute Gasteiger partial charge is 0.191 e. The van der Waals surface area contributed by atoms with Crippen LogP contribution in [0.15, 0.2) is 12.5 Å². The van der Waals surface area contributed by atoms with Gasteiger partial charge in [0, 0.05) is 6.20 Å². The Morgan fingerprint density at radius 1 is 1.42 bits per heavy atom. The van der Waals surface area contributed by atoms with Gasteiger partial charge < -0.3 is 0 Å². The van der Waals surface area contributed by atoms with Gasteiger partial charge in [-0.3, -0.25) is 0 Å². The molecule has 4 heteroatoms. The molecule has 3 nitrogen and oxygen atoms in total. The first-order valence-electron chi connectivity index (χ1n) is 3.65. The Morgan fingerprint density at radius 3 is 2.92 bits per heavy atom. The van der Waals surface area contributed by atoms with E-state index < -0.39 is 0 Å². The number of pyridine rings is 1. The van der Waals surface area contributed by atoms with Crippen molar-refractivity contribution in [2.75, 3.05) is 0 Å². The minimum Gasteiger partial charge on any atom is -0.218 e. The van der Waals surface area contributed by atoms with Gasteiger partial charge in [-0.1, -0.05) is 0 Å². The van der Waals surface area contributed by atoms with Crippen LogP contribution in [0.1, 0.15) is 11.1 Å². The first-order chi connectivity index (χ1) is 5.70. The maximum Gasteiger partial charge on any atom is 0.191 e. The van der Waals surface area contributed by atoms with E-state index in [0.29, 0.717) is 5.56 Å². The number of halogens is 1. The zero-order valence-corrected chi connectivity index (χ0v) is 6.87. The Labute approximate surface area is 68.9 Å². The van der Waals surface area contributed by atoms with Gasteiger partial charge in [-0.2, -0.15) is 5.10 Å². The van der Waals surface area contributed by atoms with Crippen LogP contribution in [0.3, 0.4) is 0 Å². The summed E-state index contributed by atoms with van der Waals surface area (Å²) in [7, 11) is 0. The minimum absolute atomic E-state index is 0.285. The lowest BCUT2D eigenvalue weighted by Crippen LogP contribution is -1.96. The van der Waals surface area contributed by atoms with Gasteiger partial charge in [-0.15, -0.1) is 0 Å². The molecule has 2 aromatic rings. The maximum absolute atomic E-state index is 13.4. The highest BCUT2D eigenvalue weighted by molar-refractivity contribution is 5.44. The van der Waals surface area contributed by atoms with Crippen molar-refractivity contribution in [2.24, 2.45) is 0 Å². The van der Waals surface area contributed by atoms with E-state index in [1.807, 2.05) is 6.92 Å². The van der Waals surface area contributed by atoms with Crippen molar-refractivity contribution in [3.05, 3.63) is 29.5 Å². The Kier molecular flexibility index (Phi) is 1.36. The standard InChI is InChI=1S/C8H8FN3/c1-5-3-12-8(10-4-11-12)7(9)6(5)2/h3-4H,1-2H3. The van der Waals surface area contributed by atoms with Gasteiger partial charge in [0.15, 0.2) is 11.5 Å². The van der Waals surface area contributed by atoms with Gasteiger partial charge in [-0.05, 0) is 25.0 Å². The molecule has 0 atom stereocenters. The van der Waals surface area contributed by atoms with Crippen LogP contribution in [0.4, 0.5) is 4.39 Å². The summed E-state index contributed by atoms with van der Waals surface area (Å²) in [6, 6.07) is 0. The summed E-state index contributed by atoms with van der Waals surface area (Å²) < 4.78 is 14.8. The predicted molar refractivity (Wildman–Crippen MR) is 42.4 cm³/mol. The summed E-state index contributed by atoms with van der Waals surface area (Å²) in [5, 5.41) is 3.85. The SMILES string of the molecule is Cc1cn2ncnc2c(F)c1C. The number of aryl methyl sites for hydroxylation is 1. The lowest BCUT2D eigenvalue weighted by atomic mass is 10.2. The molecule has 0 aliphatic heterocycles. The van der Waals surface area contributed by atoms with Gasteiger partial charge in [-0.25, -0.2) is 13.9 Å². The van der Waals surface area contributed by atoms with Crippen molar-refractivity contribution in [2.45, 2.75) is 13.8 Å². The number of aromatic nitrogens is 3. The second kappa shape index (κ2) is 2.27. The van der Waals surface area contributed by atoms with E-state index in [-0.39, 0.29) is 11.5 Å². The van der Waals surface area contributed by atoms with Crippen molar-refractivity contribution < 1.29 is 4.39 Å². The number of hydrogen-bond donors (Lipinski definition) is 0. The van der Waals surface area contributed by atoms with Crippen LogP contribution >= 0.6 is 0 Å². The summed E-state index contributed by atoms with van der Waals surface area (Å²) in [6.45, 7) is 3.58. The van der Waals surface area contributed by atoms with Gasteiger partial charge in [0.2, 0.25) is 0 Å². The van der Waals surface area contributed by atoms with E-state index in [1.165, 1.54) is 10.8 Å². The fraction of sp³-hybridized carbons (Fsp3) is 0.250. The molecule has 2 aromatic heterocycles. The van der Waals surface area contributed by atoms with Crippen LogP contribution in [-0.4, -0.2) is 14.6 Å². The van der Waals surface area contributed by atoms with Crippen LogP contribution in [0.25, 0.3) is 5.65 Å². The van der Waals surface area contributed by atoms with E-state index in [2.05, 4.69) is 10.1 Å². The molecule has 2 rings (SSSR count). The van der Waals surface area contributed by atoms with Crippen molar-refractivity contribution in [1.82, 2.24) is 14.6 Å². The molecule has 0 aliphatic carbocycles. The maximum atomic E-state index is 13.4. The molecule has 0 aromatic carbocycles. The molecular formula is C8H8FN3. The molecule has 62 valence electrons. The van der Waals surface area contributed by atoms with Gasteiger partial charge in [0.25, 0.3) is 0 Å². The minimum atomic E-state index is -0.285. The molecule has 0 bridgehead atoms. The third kappa shape index (κ3) is 0.809. The highest BCUT2D eigenvalue weighted by Gasteiger charge is 2.08. The zero-order valence-electron chi connectivity index (χ0n) is 6.87. The van der Waals surface area contributed by atoms with E-state index in [0.717, 1.165) is 5.56 Å². The van der Waals surface area contributed by atoms with Crippen LogP contribution in [0, 0.1) is 19.7 Å². The number of hydrogen-bond acceptors (Lipinski definition) is 2. The third-order valence-electron chi connectivity index (χ3n) is 2.01. The van der Waals surface area contributed by atoms with Crippen LogP contribution in [0.5, 0.6) is 0 Å². The summed E-state index contributed by atoms with van der Waals surface area (Å²) in [6.07, 6.45) is 3.11. The largest absolute Gasteiger partial charge is 0.218 e. The average Bonchev–Trinajstić information content (AvgIpc) is 2.48. The fourth-order valence-electron chi connectivity index (χ4n) is 1.12. The highest BCUT2D eigenvalue weighted by Crippen LogP contribution is 2.14. The van der Waals surface area contributed by atoms with Crippen LogP contribution < -0.4 is 0 Å². The molecule has 0 amide bonds. The Morgan fingerprint density at radius 2 is 2.17 bits per heavy atom. The average molecular weight is 165 g/mol. The highest BCUT2D eigenvalue weighted by atomic mass is 19.1. The quantitative estimate of drug-likeness (QED) is 0.592. The second-order valence-electron chi connectivity index (χ2n) is 2.78. The zero-order chi connectivity index (χ0) is 8.72. The van der Waals surface area contributed by atoms with Crippen molar-refractivity contribution >= 4 is 5.65 Å². The molecule has 0 radical (unpaired) electrons. The molecule has 0 N–H and O–H groups in total. The van der Waals surface area contributed by atoms with Crippen LogP contribution in [0.2, 0.25) is 0 Å². The molecule has 0 spiro atoms. The Balaban J connectivity index is 2.94. The first kappa shape index (κ1) is 7.21. The molecular weight excluding hydrogens is 157 g/mol. The number of fused-ring (bicyclic) bond motifs is 1. The van der Waals surface area contributed by atoms with E-state index in [1.54, 1.807) is 13.1 Å². The molecule has 2 heterocycles. The fourth-order valence-corrected chi connectivity index (χ4v) is 1.12. The number of nitrogens with zero attached hydrogens (tertiary/aromatic N) is 3. The second-order valence-corrected chi connectivity index (χ2v) is 2.78. The summed E-state index contributed by atoms with van der Waals surface area (Å²) in [4.78, 5) is 3.80. The third-order valence-corrected chi connectivity index (χ3v) is 2.01. The van der Waals surface area contributed by atoms with Crippen molar-refractivity contribution in [1.29, 1.82) is 0 Å². The van der Waals surface area contributed by atoms with E-state index in [9.17, 15) is 4.39 Å². The Bertz CT molecular complexity index is 433. The molecule has 0 saturated heterocycles. The number of rotatable bonds is 0. The Hall–Kier alpha value is -1.45. The molecule has 0 fully saturated rings. The van der Waals surface area contributed by atoms with E-state index >= 15 is 0 Å². The predicted octanol–water partition coefficient (Wildman–Crippen LogP) is 1.49. The van der Waals surface area contributed by atoms with E-state index in [4.69, 9.17) is 0 Å². The molecule has 0 unspecified atom stereocenters. The van der Waals surface area contributed by atoms with Crippen molar-refractivity contribution in [3.8, 4) is 0 Å². The molecule has 0 aliphatic rings. The first-order valence-corrected chi connectivity index (χ1v) is 3.65. The monoisotopic (exact) mass is 165 g/mol. The molecule has 0 saturated carbocycles. The van der Waals surface area contributed by atoms with Crippen molar-refractivity contribution in [3.63, 3.8) is 0 Å². The molecule has 12 heavy (non-hydrogen) atoms. The summed E-state index contributed by atoms with van der Waals surface area (Å²) >= 11 is 0.